The molecule has 0 amide bonds. The van der Waals surface area contributed by atoms with Gasteiger partial charge in [0.25, 0.3) is 0 Å². The van der Waals surface area contributed by atoms with Gasteiger partial charge in [-0.1, -0.05) is 0 Å². The van der Waals surface area contributed by atoms with E-state index < -0.39 is 0 Å². The van der Waals surface area contributed by atoms with E-state index in [1.54, 1.807) is 0 Å². The molecule has 0 unspecified atom stereocenters. The number of hydrogen-bond acceptors (Lipinski definition) is 0. The van der Waals surface area contributed by atoms with Crippen molar-refractivity contribution in [2.45, 2.75) is 0 Å². The molecule has 0 saturated carbocycles. The van der Waals surface area contributed by atoms with Gasteiger partial charge in [0.1, 0.15) is 0 Å². The maximum Gasteiger partial charge on any atom is 0 e. The van der Waals surface area contributed by atoms with Gasteiger partial charge in [-0.05, 0) is 0 Å². The standard InChI is InChI=1S/3H2O.Pb/h3*1H2;. The predicted octanol–water partition coefficient (Wildman–Crippen LogP) is -2.85. The zero-order valence-electron chi connectivity index (χ0n) is 2.00. The molecule has 0 aliphatic carbocycles. The molecule has 0 aromatic carbocycles. The van der Waals surface area contributed by atoms with Crippen molar-refractivity contribution in [3.8, 4) is 0 Å². The normalized spacial score (nSPS) is 0. The van der Waals surface area contributed by atoms with E-state index in [2.05, 4.69) is 0 Å². The zero-order chi connectivity index (χ0) is 0. The van der Waals surface area contributed by atoms with Gasteiger partial charge in [-0.3, -0.25) is 0 Å². The average Bonchev–Trinajstić information content (AvgIpc) is 0. The summed E-state index contributed by atoms with van der Waals surface area (Å²) in [5, 5.41) is 0. The van der Waals surface area contributed by atoms with E-state index in [4.69, 9.17) is 0 Å². The summed E-state index contributed by atoms with van der Waals surface area (Å²) >= 11 is 0. The second kappa shape index (κ2) is 46.4. The second-order valence-electron chi connectivity index (χ2n) is 0. The van der Waals surface area contributed by atoms with Crippen LogP contribution >= 0.6 is 0 Å². The van der Waals surface area contributed by atoms with Gasteiger partial charge in [0, 0.05) is 27.3 Å². The van der Waals surface area contributed by atoms with Crippen LogP contribution < -0.4 is 0 Å². The molecule has 0 heterocycles. The van der Waals surface area contributed by atoms with Gasteiger partial charge in [0.05, 0.1) is 0 Å². The molecular weight excluding hydrogens is 255 g/mol. The molecule has 0 fully saturated rings. The Labute approximate surface area is 44.1 Å². The summed E-state index contributed by atoms with van der Waals surface area (Å²) < 4.78 is 0. The van der Waals surface area contributed by atoms with E-state index in [0.717, 1.165) is 0 Å². The van der Waals surface area contributed by atoms with Crippen molar-refractivity contribution in [1.82, 2.24) is 0 Å². The molecule has 0 bridgehead atoms. The van der Waals surface area contributed by atoms with Gasteiger partial charge in [-0.25, -0.2) is 0 Å². The SMILES string of the molecule is O.O.O.[Pb]. The third-order valence-electron chi connectivity index (χ3n) is 0. The molecule has 28 valence electrons. The van der Waals surface area contributed by atoms with Crippen LogP contribution in [0, 0.1) is 0 Å². The minimum atomic E-state index is 0. The minimum absolute atomic E-state index is 0. The van der Waals surface area contributed by atoms with E-state index in [0.29, 0.717) is 0 Å². The summed E-state index contributed by atoms with van der Waals surface area (Å²) in [6.45, 7) is 0. The molecule has 0 rings (SSSR count). The molecule has 6 N–H and O–H groups in total. The summed E-state index contributed by atoms with van der Waals surface area (Å²) in [6, 6.07) is 0. The summed E-state index contributed by atoms with van der Waals surface area (Å²) in [6.07, 6.45) is 0. The Balaban J connectivity index is 0. The Hall–Kier alpha value is 0.802. The Kier molecular flexibility index (Phi) is 1250. The van der Waals surface area contributed by atoms with E-state index in [9.17, 15) is 0 Å². The van der Waals surface area contributed by atoms with Crippen LogP contribution in [0.1, 0.15) is 0 Å². The van der Waals surface area contributed by atoms with Crippen LogP contribution in [0.2, 0.25) is 0 Å². The molecule has 0 saturated heterocycles. The largest absolute Gasteiger partial charge is 0.412 e. The zero-order valence-corrected chi connectivity index (χ0v) is 5.89. The summed E-state index contributed by atoms with van der Waals surface area (Å²) in [4.78, 5) is 0. The van der Waals surface area contributed by atoms with E-state index in [1.165, 1.54) is 0 Å². The number of rotatable bonds is 0. The van der Waals surface area contributed by atoms with E-state index in [1.807, 2.05) is 0 Å². The molecule has 0 aliphatic rings. The van der Waals surface area contributed by atoms with Gasteiger partial charge >= 0.3 is 0 Å². The van der Waals surface area contributed by atoms with Crippen molar-refractivity contribution in [3.05, 3.63) is 0 Å². The predicted molar refractivity (Wildman–Crippen MR) is 16.6 cm³/mol. The van der Waals surface area contributed by atoms with Crippen LogP contribution in [0.3, 0.4) is 0 Å². The van der Waals surface area contributed by atoms with E-state index in [-0.39, 0.29) is 43.7 Å². The monoisotopic (exact) mass is 262 g/mol. The minimum Gasteiger partial charge on any atom is -0.412 e. The fourth-order valence-corrected chi connectivity index (χ4v) is 0. The third-order valence-corrected chi connectivity index (χ3v) is 0. The smallest absolute Gasteiger partial charge is 0 e. The second-order valence-corrected chi connectivity index (χ2v) is 0. The molecule has 4 heavy (non-hydrogen) atoms. The Bertz CT molecular complexity index is 3.25. The summed E-state index contributed by atoms with van der Waals surface area (Å²) in [5.41, 5.74) is 0. The van der Waals surface area contributed by atoms with Gasteiger partial charge in [0.15, 0.2) is 0 Å². The maximum absolute atomic E-state index is 0. The van der Waals surface area contributed by atoms with Gasteiger partial charge < -0.3 is 16.4 Å². The first kappa shape index (κ1) is 108. The summed E-state index contributed by atoms with van der Waals surface area (Å²) in [5.74, 6) is 0. The van der Waals surface area contributed by atoms with Gasteiger partial charge in [-0.2, -0.15) is 0 Å². The average molecular weight is 261 g/mol. The van der Waals surface area contributed by atoms with Crippen molar-refractivity contribution >= 4 is 27.3 Å². The molecule has 0 aromatic rings. The Morgan fingerprint density at radius 3 is 0.500 bits per heavy atom. The third kappa shape index (κ3) is 14.1. The van der Waals surface area contributed by atoms with Crippen LogP contribution in [0.15, 0.2) is 0 Å². The fourth-order valence-electron chi connectivity index (χ4n) is 0. The van der Waals surface area contributed by atoms with Crippen LogP contribution in [0.25, 0.3) is 0 Å². The first-order chi connectivity index (χ1) is 0. The molecule has 0 spiro atoms. The van der Waals surface area contributed by atoms with Crippen LogP contribution in [0.4, 0.5) is 0 Å². The maximum atomic E-state index is 0. The molecule has 0 aromatic heterocycles. The first-order valence-corrected chi connectivity index (χ1v) is 0. The van der Waals surface area contributed by atoms with Gasteiger partial charge in [0.2, 0.25) is 0 Å². The van der Waals surface area contributed by atoms with Crippen LogP contribution in [-0.4, -0.2) is 43.7 Å². The van der Waals surface area contributed by atoms with Crippen molar-refractivity contribution in [2.75, 3.05) is 0 Å². The van der Waals surface area contributed by atoms with Crippen LogP contribution in [-0.2, 0) is 0 Å². The molecular formula is H6O3Pb. The Morgan fingerprint density at radius 2 is 0.500 bits per heavy atom. The van der Waals surface area contributed by atoms with Crippen molar-refractivity contribution in [3.63, 3.8) is 0 Å². The van der Waals surface area contributed by atoms with Crippen molar-refractivity contribution in [1.29, 1.82) is 0 Å². The molecule has 0 atom stereocenters. The first-order valence-electron chi connectivity index (χ1n) is 0. The quantitative estimate of drug-likeness (QED) is 0.420. The topological polar surface area (TPSA) is 94.5 Å². The Morgan fingerprint density at radius 1 is 0.500 bits per heavy atom. The van der Waals surface area contributed by atoms with Crippen molar-refractivity contribution < 1.29 is 16.4 Å². The van der Waals surface area contributed by atoms with Gasteiger partial charge in [-0.15, -0.1) is 0 Å². The van der Waals surface area contributed by atoms with Crippen molar-refractivity contribution in [2.24, 2.45) is 0 Å². The number of hydrogen-bond donors (Lipinski definition) is 0. The molecule has 4 heteroatoms. The van der Waals surface area contributed by atoms with Crippen LogP contribution in [0.5, 0.6) is 0 Å². The molecule has 3 nitrogen and oxygen atoms in total. The fraction of sp³-hybridized carbons (Fsp3) is 0. The summed E-state index contributed by atoms with van der Waals surface area (Å²) in [7, 11) is 0. The molecule has 4 radical (unpaired) electrons. The van der Waals surface area contributed by atoms with E-state index >= 15 is 0 Å². The molecule has 0 aliphatic heterocycles.